The van der Waals surface area contributed by atoms with Crippen LogP contribution in [0.5, 0.6) is 5.75 Å². The van der Waals surface area contributed by atoms with Crippen molar-refractivity contribution in [1.29, 1.82) is 0 Å². The number of benzene rings is 2. The topological polar surface area (TPSA) is 68.5 Å². The second-order valence-corrected chi connectivity index (χ2v) is 6.83. The van der Waals surface area contributed by atoms with Gasteiger partial charge >= 0.3 is 0 Å². The minimum atomic E-state index is -0.232. The van der Waals surface area contributed by atoms with Crippen LogP contribution >= 0.6 is 11.6 Å². The number of nitrogens with zero attached hydrogens (tertiary/aromatic N) is 3. The molecular weight excluding hydrogens is 366 g/mol. The van der Waals surface area contributed by atoms with Crippen LogP contribution in [0.3, 0.4) is 0 Å². The van der Waals surface area contributed by atoms with Gasteiger partial charge < -0.3 is 14.2 Å². The Morgan fingerprint density at radius 3 is 2.93 bits per heavy atom. The number of likely N-dealkylation sites (tertiary alicyclic amines) is 1. The van der Waals surface area contributed by atoms with Crippen molar-refractivity contribution >= 4 is 17.5 Å². The van der Waals surface area contributed by atoms with Crippen molar-refractivity contribution in [3.63, 3.8) is 0 Å². The van der Waals surface area contributed by atoms with Crippen LogP contribution in [0.4, 0.5) is 0 Å². The Balaban J connectivity index is 1.58. The van der Waals surface area contributed by atoms with Crippen molar-refractivity contribution < 1.29 is 14.1 Å². The summed E-state index contributed by atoms with van der Waals surface area (Å²) in [7, 11) is 1.62. The van der Waals surface area contributed by atoms with Crippen molar-refractivity contribution in [1.82, 2.24) is 15.0 Å². The molecule has 3 aromatic rings. The summed E-state index contributed by atoms with van der Waals surface area (Å²) in [5, 5.41) is 4.67. The molecule has 2 heterocycles. The van der Waals surface area contributed by atoms with E-state index < -0.39 is 0 Å². The van der Waals surface area contributed by atoms with Gasteiger partial charge in [0, 0.05) is 23.6 Å². The lowest BCUT2D eigenvalue weighted by molar-refractivity contribution is -0.130. The van der Waals surface area contributed by atoms with E-state index in [1.807, 2.05) is 36.4 Å². The molecule has 1 aliphatic rings. The van der Waals surface area contributed by atoms with Gasteiger partial charge in [0.2, 0.25) is 17.6 Å². The molecule has 1 fully saturated rings. The molecule has 0 radical (unpaired) electrons. The van der Waals surface area contributed by atoms with E-state index in [9.17, 15) is 4.79 Å². The zero-order valence-corrected chi connectivity index (χ0v) is 15.5. The highest BCUT2D eigenvalue weighted by atomic mass is 35.5. The highest BCUT2D eigenvalue weighted by Gasteiger charge is 2.36. The van der Waals surface area contributed by atoms with Crippen LogP contribution < -0.4 is 4.74 Å². The molecule has 1 amide bonds. The second-order valence-electron chi connectivity index (χ2n) is 6.39. The summed E-state index contributed by atoms with van der Waals surface area (Å²) in [6.07, 6.45) is 1.11. The molecule has 0 bridgehead atoms. The Morgan fingerprint density at radius 2 is 2.11 bits per heavy atom. The number of hydrogen-bond acceptors (Lipinski definition) is 5. The molecule has 138 valence electrons. The van der Waals surface area contributed by atoms with Crippen molar-refractivity contribution in [3.05, 3.63) is 65.0 Å². The molecule has 6 nitrogen and oxygen atoms in total. The molecule has 0 N–H and O–H groups in total. The highest BCUT2D eigenvalue weighted by molar-refractivity contribution is 6.30. The van der Waals surface area contributed by atoms with Gasteiger partial charge in [-0.15, -0.1) is 0 Å². The van der Waals surface area contributed by atoms with Crippen LogP contribution in [0.2, 0.25) is 5.02 Å². The summed E-state index contributed by atoms with van der Waals surface area (Å²) >= 11 is 6.04. The third kappa shape index (κ3) is 3.66. The molecule has 1 aliphatic heterocycles. The molecular formula is C20H18ClN3O3. The number of halogens is 1. The van der Waals surface area contributed by atoms with Gasteiger partial charge in [-0.2, -0.15) is 4.98 Å². The lowest BCUT2D eigenvalue weighted by atomic mass is 10.1. The van der Waals surface area contributed by atoms with Gasteiger partial charge in [0.25, 0.3) is 0 Å². The van der Waals surface area contributed by atoms with Gasteiger partial charge in [-0.1, -0.05) is 41.0 Å². The zero-order chi connectivity index (χ0) is 18.8. The summed E-state index contributed by atoms with van der Waals surface area (Å²) in [6, 6.07) is 14.7. The van der Waals surface area contributed by atoms with Gasteiger partial charge in [0.05, 0.1) is 7.11 Å². The Morgan fingerprint density at radius 1 is 1.26 bits per heavy atom. The summed E-state index contributed by atoms with van der Waals surface area (Å²) in [4.78, 5) is 18.7. The van der Waals surface area contributed by atoms with Gasteiger partial charge in [0.15, 0.2) is 0 Å². The number of ether oxygens (including phenoxy) is 1. The van der Waals surface area contributed by atoms with Crippen LogP contribution in [-0.4, -0.2) is 28.1 Å². The zero-order valence-electron chi connectivity index (χ0n) is 14.8. The van der Waals surface area contributed by atoms with Crippen LogP contribution in [0.1, 0.15) is 30.3 Å². The van der Waals surface area contributed by atoms with E-state index >= 15 is 0 Å². The highest BCUT2D eigenvalue weighted by Crippen LogP contribution is 2.34. The first-order valence-electron chi connectivity index (χ1n) is 8.66. The molecule has 0 spiro atoms. The quantitative estimate of drug-likeness (QED) is 0.658. The maximum absolute atomic E-state index is 12.4. The van der Waals surface area contributed by atoms with Gasteiger partial charge in [-0.3, -0.25) is 4.79 Å². The SMILES string of the molecule is COc1cccc(CN2C(=O)CCC2c2nc(-c3cccc(Cl)c3)no2)c1. The molecule has 2 aromatic carbocycles. The van der Waals surface area contributed by atoms with Crippen LogP contribution in [0.25, 0.3) is 11.4 Å². The van der Waals surface area contributed by atoms with E-state index in [0.29, 0.717) is 36.1 Å². The molecule has 4 rings (SSSR count). The average molecular weight is 384 g/mol. The minimum absolute atomic E-state index is 0.0744. The normalized spacial score (nSPS) is 16.7. The first-order chi connectivity index (χ1) is 13.1. The van der Waals surface area contributed by atoms with Crippen molar-refractivity contribution in [2.45, 2.75) is 25.4 Å². The fourth-order valence-corrected chi connectivity index (χ4v) is 3.46. The Hall–Kier alpha value is -2.86. The van der Waals surface area contributed by atoms with Gasteiger partial charge in [-0.05, 0) is 36.2 Å². The fraction of sp³-hybridized carbons (Fsp3) is 0.250. The van der Waals surface area contributed by atoms with E-state index in [0.717, 1.165) is 16.9 Å². The standard InChI is InChI=1S/C20H18ClN3O3/c1-26-16-7-2-4-13(10-16)12-24-17(8-9-18(24)25)20-22-19(23-27-20)14-5-3-6-15(21)11-14/h2-7,10-11,17H,8-9,12H2,1H3. The van der Waals surface area contributed by atoms with E-state index in [-0.39, 0.29) is 11.9 Å². The number of aromatic nitrogens is 2. The van der Waals surface area contributed by atoms with Crippen LogP contribution in [0.15, 0.2) is 53.1 Å². The summed E-state index contributed by atoms with van der Waals surface area (Å²) in [5.74, 6) is 1.74. The average Bonchev–Trinajstić information content (AvgIpc) is 3.30. The smallest absolute Gasteiger partial charge is 0.249 e. The fourth-order valence-electron chi connectivity index (χ4n) is 3.27. The molecule has 1 saturated heterocycles. The predicted octanol–water partition coefficient (Wildman–Crippen LogP) is 4.26. The summed E-state index contributed by atoms with van der Waals surface area (Å²) < 4.78 is 10.7. The number of methoxy groups -OCH3 is 1. The Labute approximate surface area is 161 Å². The number of hydrogen-bond donors (Lipinski definition) is 0. The molecule has 1 unspecified atom stereocenters. The summed E-state index contributed by atoms with van der Waals surface area (Å²) in [6.45, 7) is 0.468. The predicted molar refractivity (Wildman–Crippen MR) is 100 cm³/mol. The molecule has 1 atom stereocenters. The molecule has 1 aromatic heterocycles. The number of carbonyl (C=O) groups is 1. The van der Waals surface area contributed by atoms with Crippen LogP contribution in [-0.2, 0) is 11.3 Å². The Bertz CT molecular complexity index is 972. The van der Waals surface area contributed by atoms with Gasteiger partial charge in [0.1, 0.15) is 11.8 Å². The third-order valence-electron chi connectivity index (χ3n) is 4.62. The van der Waals surface area contributed by atoms with Crippen LogP contribution in [0, 0.1) is 0 Å². The second kappa shape index (κ2) is 7.40. The van der Waals surface area contributed by atoms with Crippen molar-refractivity contribution in [2.75, 3.05) is 7.11 Å². The van der Waals surface area contributed by atoms with E-state index in [2.05, 4.69) is 10.1 Å². The monoisotopic (exact) mass is 383 g/mol. The third-order valence-corrected chi connectivity index (χ3v) is 4.86. The lowest BCUT2D eigenvalue weighted by Crippen LogP contribution is -2.27. The van der Waals surface area contributed by atoms with Gasteiger partial charge in [-0.25, -0.2) is 0 Å². The number of rotatable bonds is 5. The molecule has 27 heavy (non-hydrogen) atoms. The van der Waals surface area contributed by atoms with Crippen molar-refractivity contribution in [3.8, 4) is 17.1 Å². The number of amides is 1. The lowest BCUT2D eigenvalue weighted by Gasteiger charge is -2.22. The van der Waals surface area contributed by atoms with E-state index in [4.69, 9.17) is 20.9 Å². The maximum Gasteiger partial charge on any atom is 0.249 e. The molecule has 0 saturated carbocycles. The number of carbonyl (C=O) groups excluding carboxylic acids is 1. The minimum Gasteiger partial charge on any atom is -0.497 e. The molecule has 0 aliphatic carbocycles. The van der Waals surface area contributed by atoms with E-state index in [1.165, 1.54) is 0 Å². The van der Waals surface area contributed by atoms with Crippen molar-refractivity contribution in [2.24, 2.45) is 0 Å². The first-order valence-corrected chi connectivity index (χ1v) is 9.04. The largest absolute Gasteiger partial charge is 0.497 e. The van der Waals surface area contributed by atoms with E-state index in [1.54, 1.807) is 24.1 Å². The summed E-state index contributed by atoms with van der Waals surface area (Å²) in [5.41, 5.74) is 1.77. The maximum atomic E-state index is 12.4. The Kier molecular flexibility index (Phi) is 4.81. The molecule has 7 heteroatoms. The first kappa shape index (κ1) is 17.5.